The standard InChI is InChI=1S/C18H19BrN2O3S/c1-23-14-5-3-4-13(11-14)20-18(22)21-8-9-25-17(21)15-10-12(19)6-7-16(15)24-2/h3-7,10-11,17H,8-9H2,1-2H3,(H,20,22). The number of halogens is 1. The van der Waals surface area contributed by atoms with E-state index >= 15 is 0 Å². The first kappa shape index (κ1) is 17.9. The van der Waals surface area contributed by atoms with Gasteiger partial charge in [-0.1, -0.05) is 22.0 Å². The van der Waals surface area contributed by atoms with Crippen LogP contribution in [0.25, 0.3) is 0 Å². The van der Waals surface area contributed by atoms with Crippen molar-refractivity contribution in [2.24, 2.45) is 0 Å². The van der Waals surface area contributed by atoms with Crippen LogP contribution in [0.4, 0.5) is 10.5 Å². The summed E-state index contributed by atoms with van der Waals surface area (Å²) >= 11 is 5.23. The van der Waals surface area contributed by atoms with Crippen LogP contribution in [-0.4, -0.2) is 37.4 Å². The Hall–Kier alpha value is -1.86. The van der Waals surface area contributed by atoms with E-state index in [9.17, 15) is 4.79 Å². The molecule has 3 rings (SSSR count). The number of thioether (sulfide) groups is 1. The molecule has 0 aliphatic carbocycles. The van der Waals surface area contributed by atoms with Gasteiger partial charge in [-0.15, -0.1) is 11.8 Å². The fourth-order valence-corrected chi connectivity index (χ4v) is 4.38. The SMILES string of the molecule is COc1cccc(NC(=O)N2CCSC2c2cc(Br)ccc2OC)c1. The molecular formula is C18H19BrN2O3S. The fourth-order valence-electron chi connectivity index (χ4n) is 2.73. The Morgan fingerprint density at radius 1 is 1.24 bits per heavy atom. The highest BCUT2D eigenvalue weighted by Crippen LogP contribution is 2.43. The molecule has 0 radical (unpaired) electrons. The van der Waals surface area contributed by atoms with E-state index in [1.807, 2.05) is 41.3 Å². The van der Waals surface area contributed by atoms with E-state index < -0.39 is 0 Å². The number of anilines is 1. The minimum atomic E-state index is -0.134. The number of methoxy groups -OCH3 is 2. The number of hydrogen-bond acceptors (Lipinski definition) is 4. The third kappa shape index (κ3) is 4.04. The average Bonchev–Trinajstić information content (AvgIpc) is 3.11. The van der Waals surface area contributed by atoms with Gasteiger partial charge < -0.3 is 19.7 Å². The molecule has 1 aliphatic heterocycles. The van der Waals surface area contributed by atoms with Crippen LogP contribution in [0.3, 0.4) is 0 Å². The Morgan fingerprint density at radius 3 is 2.84 bits per heavy atom. The summed E-state index contributed by atoms with van der Waals surface area (Å²) in [6.45, 7) is 0.681. The summed E-state index contributed by atoms with van der Waals surface area (Å²) in [6.07, 6.45) is 0. The Labute approximate surface area is 159 Å². The number of rotatable bonds is 4. The molecule has 2 aromatic carbocycles. The van der Waals surface area contributed by atoms with Gasteiger partial charge in [0.1, 0.15) is 16.9 Å². The van der Waals surface area contributed by atoms with E-state index in [4.69, 9.17) is 9.47 Å². The van der Waals surface area contributed by atoms with Gasteiger partial charge in [0, 0.05) is 34.1 Å². The number of nitrogens with zero attached hydrogens (tertiary/aromatic N) is 1. The highest BCUT2D eigenvalue weighted by Gasteiger charge is 2.32. The van der Waals surface area contributed by atoms with Gasteiger partial charge in [-0.3, -0.25) is 0 Å². The minimum absolute atomic E-state index is 0.0851. The molecule has 1 atom stereocenters. The lowest BCUT2D eigenvalue weighted by molar-refractivity contribution is 0.213. The van der Waals surface area contributed by atoms with E-state index in [0.29, 0.717) is 18.0 Å². The van der Waals surface area contributed by atoms with E-state index in [-0.39, 0.29) is 11.4 Å². The van der Waals surface area contributed by atoms with Crippen LogP contribution in [0.15, 0.2) is 46.9 Å². The summed E-state index contributed by atoms with van der Waals surface area (Å²) in [6, 6.07) is 13.1. The van der Waals surface area contributed by atoms with Crippen LogP contribution in [0, 0.1) is 0 Å². The molecule has 5 nitrogen and oxygen atoms in total. The molecule has 25 heavy (non-hydrogen) atoms. The Balaban J connectivity index is 1.81. The molecule has 132 valence electrons. The zero-order chi connectivity index (χ0) is 17.8. The summed E-state index contributed by atoms with van der Waals surface area (Å²) in [4.78, 5) is 14.6. The number of nitrogens with one attached hydrogen (secondary N) is 1. The van der Waals surface area contributed by atoms with Crippen molar-refractivity contribution >= 4 is 39.4 Å². The number of hydrogen-bond donors (Lipinski definition) is 1. The van der Waals surface area contributed by atoms with Crippen molar-refractivity contribution in [1.82, 2.24) is 4.90 Å². The number of carbonyl (C=O) groups is 1. The van der Waals surface area contributed by atoms with Crippen molar-refractivity contribution in [1.29, 1.82) is 0 Å². The average molecular weight is 423 g/mol. The molecule has 0 spiro atoms. The molecule has 1 unspecified atom stereocenters. The zero-order valence-corrected chi connectivity index (χ0v) is 16.4. The van der Waals surface area contributed by atoms with Crippen LogP contribution in [-0.2, 0) is 0 Å². The first-order valence-electron chi connectivity index (χ1n) is 7.79. The monoisotopic (exact) mass is 422 g/mol. The van der Waals surface area contributed by atoms with Crippen molar-refractivity contribution in [2.45, 2.75) is 5.37 Å². The summed E-state index contributed by atoms with van der Waals surface area (Å²) in [7, 11) is 3.25. The third-order valence-electron chi connectivity index (χ3n) is 3.93. The highest BCUT2D eigenvalue weighted by molar-refractivity contribution is 9.10. The first-order valence-corrected chi connectivity index (χ1v) is 9.63. The molecule has 0 aromatic heterocycles. The Bertz CT molecular complexity index is 772. The number of urea groups is 1. The molecule has 1 heterocycles. The summed E-state index contributed by atoms with van der Waals surface area (Å²) in [5.41, 5.74) is 1.70. The van der Waals surface area contributed by atoms with Gasteiger partial charge in [-0.05, 0) is 30.3 Å². The lowest BCUT2D eigenvalue weighted by atomic mass is 10.2. The molecule has 0 bridgehead atoms. The molecule has 1 saturated heterocycles. The minimum Gasteiger partial charge on any atom is -0.497 e. The predicted molar refractivity (Wildman–Crippen MR) is 105 cm³/mol. The van der Waals surface area contributed by atoms with Gasteiger partial charge in [-0.2, -0.15) is 0 Å². The lowest BCUT2D eigenvalue weighted by Gasteiger charge is -2.26. The summed E-state index contributed by atoms with van der Waals surface area (Å²) in [5.74, 6) is 2.37. The van der Waals surface area contributed by atoms with E-state index in [2.05, 4.69) is 21.2 Å². The van der Waals surface area contributed by atoms with Gasteiger partial charge in [0.2, 0.25) is 0 Å². The number of ether oxygens (including phenoxy) is 2. The molecule has 1 aliphatic rings. The molecule has 2 amide bonds. The summed E-state index contributed by atoms with van der Waals surface area (Å²) in [5, 5.41) is 2.87. The van der Waals surface area contributed by atoms with E-state index in [1.54, 1.807) is 32.0 Å². The van der Waals surface area contributed by atoms with E-state index in [0.717, 1.165) is 21.5 Å². The van der Waals surface area contributed by atoms with Crippen molar-refractivity contribution in [3.63, 3.8) is 0 Å². The highest BCUT2D eigenvalue weighted by atomic mass is 79.9. The molecule has 7 heteroatoms. The maximum Gasteiger partial charge on any atom is 0.323 e. The van der Waals surface area contributed by atoms with Crippen LogP contribution < -0.4 is 14.8 Å². The van der Waals surface area contributed by atoms with Crippen molar-refractivity contribution in [3.8, 4) is 11.5 Å². The van der Waals surface area contributed by atoms with Gasteiger partial charge in [-0.25, -0.2) is 4.79 Å². The number of benzene rings is 2. The van der Waals surface area contributed by atoms with Gasteiger partial charge in [0.25, 0.3) is 0 Å². The van der Waals surface area contributed by atoms with Gasteiger partial charge >= 0.3 is 6.03 Å². The largest absolute Gasteiger partial charge is 0.497 e. The normalized spacial score (nSPS) is 16.6. The van der Waals surface area contributed by atoms with Crippen molar-refractivity contribution in [3.05, 3.63) is 52.5 Å². The predicted octanol–water partition coefficient (Wildman–Crippen LogP) is 4.75. The molecule has 1 fully saturated rings. The number of amides is 2. The quantitative estimate of drug-likeness (QED) is 0.772. The maximum atomic E-state index is 12.8. The smallest absolute Gasteiger partial charge is 0.323 e. The molecule has 1 N–H and O–H groups in total. The molecule has 0 saturated carbocycles. The summed E-state index contributed by atoms with van der Waals surface area (Å²) < 4.78 is 11.6. The van der Waals surface area contributed by atoms with Crippen LogP contribution in [0.2, 0.25) is 0 Å². The third-order valence-corrected chi connectivity index (χ3v) is 5.67. The second kappa shape index (κ2) is 8.01. The zero-order valence-electron chi connectivity index (χ0n) is 14.0. The van der Waals surface area contributed by atoms with Gasteiger partial charge in [0.05, 0.1) is 14.2 Å². The van der Waals surface area contributed by atoms with Crippen LogP contribution >= 0.6 is 27.7 Å². The second-order valence-electron chi connectivity index (χ2n) is 5.46. The maximum absolute atomic E-state index is 12.8. The molecule has 2 aromatic rings. The lowest BCUT2D eigenvalue weighted by Crippen LogP contribution is -2.34. The first-order chi connectivity index (χ1) is 12.1. The van der Waals surface area contributed by atoms with E-state index in [1.165, 1.54) is 0 Å². The van der Waals surface area contributed by atoms with Gasteiger partial charge in [0.15, 0.2) is 0 Å². The number of carbonyl (C=O) groups excluding carboxylic acids is 1. The van der Waals surface area contributed by atoms with Crippen LogP contribution in [0.5, 0.6) is 11.5 Å². The second-order valence-corrected chi connectivity index (χ2v) is 7.57. The topological polar surface area (TPSA) is 50.8 Å². The Kier molecular flexibility index (Phi) is 5.75. The van der Waals surface area contributed by atoms with Crippen molar-refractivity contribution < 1.29 is 14.3 Å². The fraction of sp³-hybridized carbons (Fsp3) is 0.278. The van der Waals surface area contributed by atoms with Crippen molar-refractivity contribution in [2.75, 3.05) is 31.8 Å². The van der Waals surface area contributed by atoms with Crippen LogP contribution in [0.1, 0.15) is 10.9 Å². The Morgan fingerprint density at radius 2 is 2.08 bits per heavy atom. The molecular weight excluding hydrogens is 404 g/mol.